The van der Waals surface area contributed by atoms with Crippen molar-refractivity contribution in [1.82, 2.24) is 4.98 Å². The standard InChI is InChI=1S/C15H14Cl2N2O3S2/c1-2-22-13(21)6-9-7-23-15(18-9)24-8-12(20)19-14-10(16)4-3-5-11(14)17/h3-5,7H,2,6,8H2,1H3,(H,19,20). The fourth-order valence-corrected chi connectivity index (χ4v) is 3.85. The highest BCUT2D eigenvalue weighted by Gasteiger charge is 2.12. The molecule has 1 amide bonds. The molecule has 5 nitrogen and oxygen atoms in total. The first-order chi connectivity index (χ1) is 11.5. The lowest BCUT2D eigenvalue weighted by Gasteiger charge is -2.08. The highest BCUT2D eigenvalue weighted by molar-refractivity contribution is 8.01. The Kier molecular flexibility index (Phi) is 7.36. The summed E-state index contributed by atoms with van der Waals surface area (Å²) in [6.07, 6.45) is 0.131. The van der Waals surface area contributed by atoms with Gasteiger partial charge < -0.3 is 10.1 Å². The van der Waals surface area contributed by atoms with Crippen LogP contribution in [-0.2, 0) is 20.7 Å². The van der Waals surface area contributed by atoms with Crippen LogP contribution in [-0.4, -0.2) is 29.2 Å². The van der Waals surface area contributed by atoms with Crippen LogP contribution in [0.2, 0.25) is 10.0 Å². The largest absolute Gasteiger partial charge is 0.466 e. The van der Waals surface area contributed by atoms with Gasteiger partial charge in [0, 0.05) is 5.38 Å². The number of carbonyl (C=O) groups is 2. The molecular weight excluding hydrogens is 391 g/mol. The number of hydrogen-bond donors (Lipinski definition) is 1. The van der Waals surface area contributed by atoms with E-state index in [0.29, 0.717) is 32.4 Å². The molecule has 0 saturated carbocycles. The minimum atomic E-state index is -0.314. The van der Waals surface area contributed by atoms with Gasteiger partial charge in [-0.15, -0.1) is 11.3 Å². The quantitative estimate of drug-likeness (QED) is 0.550. The van der Waals surface area contributed by atoms with Crippen molar-refractivity contribution in [1.29, 1.82) is 0 Å². The van der Waals surface area contributed by atoms with Crippen LogP contribution in [0.15, 0.2) is 27.9 Å². The van der Waals surface area contributed by atoms with Crippen LogP contribution in [0.1, 0.15) is 12.6 Å². The molecule has 2 rings (SSSR count). The van der Waals surface area contributed by atoms with E-state index < -0.39 is 0 Å². The number of para-hydroxylation sites is 1. The van der Waals surface area contributed by atoms with Crippen molar-refractivity contribution in [3.63, 3.8) is 0 Å². The molecule has 0 aliphatic rings. The van der Waals surface area contributed by atoms with Crippen molar-refractivity contribution in [2.24, 2.45) is 0 Å². The fourth-order valence-electron chi connectivity index (χ4n) is 1.72. The molecule has 128 valence electrons. The van der Waals surface area contributed by atoms with Gasteiger partial charge >= 0.3 is 5.97 Å². The molecule has 2 aromatic rings. The van der Waals surface area contributed by atoms with Gasteiger partial charge in [0.15, 0.2) is 4.34 Å². The Labute approximate surface area is 157 Å². The predicted molar refractivity (Wildman–Crippen MR) is 98.3 cm³/mol. The third kappa shape index (κ3) is 5.66. The van der Waals surface area contributed by atoms with Gasteiger partial charge in [0.2, 0.25) is 5.91 Å². The molecule has 0 radical (unpaired) electrons. The molecular formula is C15H14Cl2N2O3S2. The van der Waals surface area contributed by atoms with Crippen molar-refractivity contribution in [2.75, 3.05) is 17.7 Å². The number of benzene rings is 1. The molecule has 1 N–H and O–H groups in total. The van der Waals surface area contributed by atoms with Crippen LogP contribution in [0.3, 0.4) is 0 Å². The number of esters is 1. The summed E-state index contributed by atoms with van der Waals surface area (Å²) in [5, 5.41) is 5.23. The summed E-state index contributed by atoms with van der Waals surface area (Å²) in [4.78, 5) is 27.7. The van der Waals surface area contributed by atoms with Crippen LogP contribution in [0.25, 0.3) is 0 Å². The number of amides is 1. The molecule has 0 spiro atoms. The monoisotopic (exact) mass is 404 g/mol. The first-order valence-corrected chi connectivity index (χ1v) is 9.58. The number of thiazole rings is 1. The number of ether oxygens (including phenoxy) is 1. The second-order valence-corrected chi connectivity index (χ2v) is 7.42. The first kappa shape index (κ1) is 19.1. The third-order valence-corrected chi connectivity index (χ3v) is 5.42. The van der Waals surface area contributed by atoms with Gasteiger partial charge in [-0.3, -0.25) is 9.59 Å². The Hall–Kier alpha value is -1.28. The van der Waals surface area contributed by atoms with E-state index in [1.807, 2.05) is 0 Å². The molecule has 9 heteroatoms. The smallest absolute Gasteiger partial charge is 0.311 e. The molecule has 0 unspecified atom stereocenters. The maximum atomic E-state index is 12.0. The van der Waals surface area contributed by atoms with E-state index in [2.05, 4.69) is 10.3 Å². The van der Waals surface area contributed by atoms with Crippen molar-refractivity contribution in [3.8, 4) is 0 Å². The van der Waals surface area contributed by atoms with E-state index in [0.717, 1.165) is 0 Å². The van der Waals surface area contributed by atoms with Gasteiger partial charge in [0.25, 0.3) is 0 Å². The minimum absolute atomic E-state index is 0.131. The molecule has 0 bridgehead atoms. The Bertz CT molecular complexity index is 717. The van der Waals surface area contributed by atoms with Crippen LogP contribution < -0.4 is 5.32 Å². The van der Waals surface area contributed by atoms with Crippen LogP contribution in [0.5, 0.6) is 0 Å². The lowest BCUT2D eigenvalue weighted by Crippen LogP contribution is -2.14. The average Bonchev–Trinajstić information content (AvgIpc) is 2.97. The minimum Gasteiger partial charge on any atom is -0.466 e. The number of thioether (sulfide) groups is 1. The van der Waals surface area contributed by atoms with Crippen LogP contribution in [0.4, 0.5) is 5.69 Å². The van der Waals surface area contributed by atoms with Gasteiger partial charge in [-0.1, -0.05) is 41.0 Å². The van der Waals surface area contributed by atoms with E-state index in [9.17, 15) is 9.59 Å². The van der Waals surface area contributed by atoms with Gasteiger partial charge in [-0.05, 0) is 19.1 Å². The summed E-state index contributed by atoms with van der Waals surface area (Å²) in [5.41, 5.74) is 1.03. The first-order valence-electron chi connectivity index (χ1n) is 6.96. The molecule has 1 aromatic heterocycles. The number of halogens is 2. The average molecular weight is 405 g/mol. The summed E-state index contributed by atoms with van der Waals surface area (Å²) >= 11 is 14.7. The molecule has 1 heterocycles. The van der Waals surface area contributed by atoms with Crippen molar-refractivity contribution >= 4 is 63.9 Å². The molecule has 0 aliphatic heterocycles. The van der Waals surface area contributed by atoms with E-state index in [1.165, 1.54) is 23.1 Å². The van der Waals surface area contributed by atoms with E-state index in [1.54, 1.807) is 30.5 Å². The molecule has 0 atom stereocenters. The summed E-state index contributed by atoms with van der Waals surface area (Å²) in [6.45, 7) is 2.10. The Morgan fingerprint density at radius 3 is 2.71 bits per heavy atom. The molecule has 1 aromatic carbocycles. The van der Waals surface area contributed by atoms with Crippen molar-refractivity contribution in [2.45, 2.75) is 17.7 Å². The van der Waals surface area contributed by atoms with E-state index >= 15 is 0 Å². The maximum absolute atomic E-state index is 12.0. The zero-order chi connectivity index (χ0) is 17.5. The van der Waals surface area contributed by atoms with Gasteiger partial charge in [-0.2, -0.15) is 0 Å². The number of anilines is 1. The van der Waals surface area contributed by atoms with Gasteiger partial charge in [0.1, 0.15) is 0 Å². The second kappa shape index (κ2) is 9.27. The number of nitrogens with zero attached hydrogens (tertiary/aromatic N) is 1. The normalized spacial score (nSPS) is 10.5. The Balaban J connectivity index is 1.86. The molecule has 0 saturated heterocycles. The molecule has 0 fully saturated rings. The Morgan fingerprint density at radius 2 is 2.04 bits per heavy atom. The Morgan fingerprint density at radius 1 is 1.33 bits per heavy atom. The van der Waals surface area contributed by atoms with Gasteiger partial charge in [0.05, 0.1) is 40.2 Å². The topological polar surface area (TPSA) is 68.3 Å². The second-order valence-electron chi connectivity index (χ2n) is 4.52. The van der Waals surface area contributed by atoms with Crippen molar-refractivity contribution < 1.29 is 14.3 Å². The third-order valence-electron chi connectivity index (χ3n) is 2.72. The molecule has 0 aliphatic carbocycles. The maximum Gasteiger partial charge on any atom is 0.311 e. The summed E-state index contributed by atoms with van der Waals surface area (Å²) < 4.78 is 5.58. The summed E-state index contributed by atoms with van der Waals surface area (Å²) in [5.74, 6) is -0.393. The number of nitrogens with one attached hydrogen (secondary N) is 1. The zero-order valence-electron chi connectivity index (χ0n) is 12.7. The lowest BCUT2D eigenvalue weighted by molar-refractivity contribution is -0.142. The molecule has 24 heavy (non-hydrogen) atoms. The fraction of sp³-hybridized carbons (Fsp3) is 0.267. The van der Waals surface area contributed by atoms with Crippen LogP contribution >= 0.6 is 46.3 Å². The number of hydrogen-bond acceptors (Lipinski definition) is 6. The van der Waals surface area contributed by atoms with Crippen LogP contribution in [0, 0.1) is 0 Å². The van der Waals surface area contributed by atoms with Gasteiger partial charge in [-0.25, -0.2) is 4.98 Å². The van der Waals surface area contributed by atoms with E-state index in [4.69, 9.17) is 27.9 Å². The van der Waals surface area contributed by atoms with E-state index in [-0.39, 0.29) is 24.1 Å². The summed E-state index contributed by atoms with van der Waals surface area (Å²) in [6, 6.07) is 5.01. The SMILES string of the molecule is CCOC(=O)Cc1csc(SCC(=O)Nc2c(Cl)cccc2Cl)n1. The summed E-state index contributed by atoms with van der Waals surface area (Å²) in [7, 11) is 0. The number of rotatable bonds is 7. The van der Waals surface area contributed by atoms with Crippen molar-refractivity contribution in [3.05, 3.63) is 39.3 Å². The number of carbonyl (C=O) groups excluding carboxylic acids is 2. The highest BCUT2D eigenvalue weighted by Crippen LogP contribution is 2.30. The highest BCUT2D eigenvalue weighted by atomic mass is 35.5. The lowest BCUT2D eigenvalue weighted by atomic mass is 10.3. The number of aromatic nitrogens is 1. The zero-order valence-corrected chi connectivity index (χ0v) is 15.8. The predicted octanol–water partition coefficient (Wildman–Crippen LogP) is 4.29.